The van der Waals surface area contributed by atoms with Crippen LogP contribution in [0.5, 0.6) is 0 Å². The van der Waals surface area contributed by atoms with E-state index >= 15 is 0 Å². The van der Waals surface area contributed by atoms with Gasteiger partial charge in [0.1, 0.15) is 5.65 Å². The third-order valence-corrected chi connectivity index (χ3v) is 3.87. The number of imidazole rings is 1. The normalized spacial score (nSPS) is 18.2. The first-order valence-electron chi connectivity index (χ1n) is 6.25. The molecule has 1 N–H and O–H groups in total. The first kappa shape index (κ1) is 12.9. The Bertz CT molecular complexity index is 704. The molecular weight excluding hydrogens is 322 g/mol. The molecule has 2 aromatic rings. The summed E-state index contributed by atoms with van der Waals surface area (Å²) in [6.07, 6.45) is 6.42. The van der Waals surface area contributed by atoms with Gasteiger partial charge in [0.15, 0.2) is 12.0 Å². The molecule has 1 aliphatic rings. The number of carbonyl (C=O) groups is 1. The van der Waals surface area contributed by atoms with E-state index in [0.717, 1.165) is 10.1 Å². The number of hydrogen-bond donors (Lipinski definition) is 1. The Kier molecular flexibility index (Phi) is 3.32. The summed E-state index contributed by atoms with van der Waals surface area (Å²) in [5.41, 5.74) is 0.764. The number of nitrogens with zero attached hydrogens (tertiary/aromatic N) is 4. The zero-order chi connectivity index (χ0) is 14.1. The van der Waals surface area contributed by atoms with Crippen LogP contribution in [0.1, 0.15) is 6.42 Å². The van der Waals surface area contributed by atoms with Crippen LogP contribution < -0.4 is 5.32 Å². The summed E-state index contributed by atoms with van der Waals surface area (Å²) in [4.78, 5) is 18.1. The Labute approximate surface area is 124 Å². The van der Waals surface area contributed by atoms with Crippen LogP contribution in [-0.4, -0.2) is 33.3 Å². The van der Waals surface area contributed by atoms with Crippen molar-refractivity contribution in [3.05, 3.63) is 29.0 Å². The van der Waals surface area contributed by atoms with E-state index in [1.54, 1.807) is 11.1 Å². The molecule has 1 fully saturated rings. The molecule has 0 aromatic carbocycles. The fourth-order valence-corrected chi connectivity index (χ4v) is 2.63. The highest BCUT2D eigenvalue weighted by atomic mass is 79.9. The fraction of sp³-hybridized carbons (Fsp3) is 0.308. The molecule has 0 bridgehead atoms. The van der Waals surface area contributed by atoms with Crippen molar-refractivity contribution in [3.63, 3.8) is 0 Å². The standard InChI is InChI=1S/C13H12BrN5O/c14-10-2-4-19-7-11(16-12(19)5-10)17-13(20)9-1-3-18(6-9)8-15/h2,4-5,7,9H,1,3,6H2,(H,17,20)/t9-/m0/s1. The number of halogens is 1. The van der Waals surface area contributed by atoms with Crippen molar-refractivity contribution in [2.75, 3.05) is 18.4 Å². The second-order valence-corrected chi connectivity index (χ2v) is 5.67. The van der Waals surface area contributed by atoms with Crippen LogP contribution in [0.2, 0.25) is 0 Å². The molecule has 3 heterocycles. The minimum Gasteiger partial charge on any atom is -0.310 e. The molecule has 3 rings (SSSR count). The van der Waals surface area contributed by atoms with E-state index in [0.29, 0.717) is 25.3 Å². The van der Waals surface area contributed by atoms with Gasteiger partial charge in [-0.05, 0) is 18.6 Å². The molecule has 1 saturated heterocycles. The van der Waals surface area contributed by atoms with Gasteiger partial charge in [0, 0.05) is 23.8 Å². The van der Waals surface area contributed by atoms with Gasteiger partial charge < -0.3 is 14.6 Å². The van der Waals surface area contributed by atoms with Crippen molar-refractivity contribution in [1.82, 2.24) is 14.3 Å². The lowest BCUT2D eigenvalue weighted by molar-refractivity contribution is -0.119. The highest BCUT2D eigenvalue weighted by Gasteiger charge is 2.28. The second-order valence-electron chi connectivity index (χ2n) is 4.76. The van der Waals surface area contributed by atoms with E-state index in [4.69, 9.17) is 5.26 Å². The van der Waals surface area contributed by atoms with Crippen LogP contribution in [0.25, 0.3) is 5.65 Å². The summed E-state index contributed by atoms with van der Waals surface area (Å²) in [5, 5.41) is 11.6. The van der Waals surface area contributed by atoms with Gasteiger partial charge in [-0.3, -0.25) is 4.79 Å². The quantitative estimate of drug-likeness (QED) is 0.851. The Hall–Kier alpha value is -2.07. The smallest absolute Gasteiger partial charge is 0.230 e. The Morgan fingerprint density at radius 2 is 2.45 bits per heavy atom. The number of anilines is 1. The monoisotopic (exact) mass is 333 g/mol. The summed E-state index contributed by atoms with van der Waals surface area (Å²) in [7, 11) is 0. The maximum absolute atomic E-state index is 12.1. The minimum absolute atomic E-state index is 0.0785. The van der Waals surface area contributed by atoms with Gasteiger partial charge in [0.25, 0.3) is 0 Å². The number of nitriles is 1. The number of pyridine rings is 1. The largest absolute Gasteiger partial charge is 0.310 e. The molecule has 2 aromatic heterocycles. The van der Waals surface area contributed by atoms with Crippen LogP contribution in [0.3, 0.4) is 0 Å². The summed E-state index contributed by atoms with van der Waals surface area (Å²) < 4.78 is 2.78. The SMILES string of the molecule is N#CN1CC[C@H](C(=O)Nc2cn3ccc(Br)cc3n2)C1. The number of nitrogens with one attached hydrogen (secondary N) is 1. The molecular formula is C13H12BrN5O. The predicted molar refractivity (Wildman–Crippen MR) is 76.8 cm³/mol. The van der Waals surface area contributed by atoms with E-state index < -0.39 is 0 Å². The Morgan fingerprint density at radius 1 is 1.60 bits per heavy atom. The third kappa shape index (κ3) is 2.47. The fourth-order valence-electron chi connectivity index (χ4n) is 2.31. The first-order valence-corrected chi connectivity index (χ1v) is 7.05. The Balaban J connectivity index is 1.73. The van der Waals surface area contributed by atoms with Gasteiger partial charge in [0.05, 0.1) is 12.1 Å². The number of likely N-dealkylation sites (tertiary alicyclic amines) is 1. The van der Waals surface area contributed by atoms with Gasteiger partial charge >= 0.3 is 0 Å². The molecule has 0 saturated carbocycles. The van der Waals surface area contributed by atoms with Crippen LogP contribution in [-0.2, 0) is 4.79 Å². The van der Waals surface area contributed by atoms with Crippen LogP contribution in [0, 0.1) is 17.4 Å². The summed E-state index contributed by atoms with van der Waals surface area (Å²) in [6.45, 7) is 1.13. The van der Waals surface area contributed by atoms with E-state index in [-0.39, 0.29) is 11.8 Å². The molecule has 0 aliphatic carbocycles. The van der Waals surface area contributed by atoms with E-state index in [1.807, 2.05) is 22.7 Å². The van der Waals surface area contributed by atoms with Gasteiger partial charge in [0.2, 0.25) is 5.91 Å². The number of carbonyl (C=O) groups excluding carboxylic acids is 1. The topological polar surface area (TPSA) is 73.4 Å². The van der Waals surface area contributed by atoms with E-state index in [1.165, 1.54) is 0 Å². The van der Waals surface area contributed by atoms with Crippen molar-refractivity contribution in [3.8, 4) is 6.19 Å². The second kappa shape index (κ2) is 5.13. The lowest BCUT2D eigenvalue weighted by Crippen LogP contribution is -2.25. The minimum atomic E-state index is -0.147. The summed E-state index contributed by atoms with van der Waals surface area (Å²) in [6, 6.07) is 3.78. The Morgan fingerprint density at radius 3 is 3.20 bits per heavy atom. The molecule has 1 atom stereocenters. The van der Waals surface area contributed by atoms with Crippen molar-refractivity contribution < 1.29 is 4.79 Å². The lowest BCUT2D eigenvalue weighted by atomic mass is 10.1. The average molecular weight is 334 g/mol. The van der Waals surface area contributed by atoms with Crippen LogP contribution >= 0.6 is 15.9 Å². The van der Waals surface area contributed by atoms with Gasteiger partial charge in [-0.25, -0.2) is 4.98 Å². The summed E-state index contributed by atoms with van der Waals surface area (Å²) in [5.74, 6) is 0.305. The predicted octanol–water partition coefficient (Wildman–Crippen LogP) is 1.84. The van der Waals surface area contributed by atoms with Crippen molar-refractivity contribution in [1.29, 1.82) is 5.26 Å². The lowest BCUT2D eigenvalue weighted by Gasteiger charge is -2.08. The number of aromatic nitrogens is 2. The highest BCUT2D eigenvalue weighted by Crippen LogP contribution is 2.19. The number of fused-ring (bicyclic) bond motifs is 1. The van der Waals surface area contributed by atoms with Crippen molar-refractivity contribution in [2.24, 2.45) is 5.92 Å². The van der Waals surface area contributed by atoms with Gasteiger partial charge in [-0.15, -0.1) is 0 Å². The molecule has 0 radical (unpaired) electrons. The van der Waals surface area contributed by atoms with Crippen LogP contribution in [0.15, 0.2) is 29.0 Å². The van der Waals surface area contributed by atoms with Crippen molar-refractivity contribution in [2.45, 2.75) is 6.42 Å². The molecule has 6 nitrogen and oxygen atoms in total. The first-order chi connectivity index (χ1) is 9.65. The number of hydrogen-bond acceptors (Lipinski definition) is 4. The third-order valence-electron chi connectivity index (χ3n) is 3.37. The van der Waals surface area contributed by atoms with Crippen LogP contribution in [0.4, 0.5) is 5.82 Å². The van der Waals surface area contributed by atoms with Gasteiger partial charge in [-0.1, -0.05) is 15.9 Å². The molecule has 0 unspecified atom stereocenters. The maximum atomic E-state index is 12.1. The molecule has 0 spiro atoms. The van der Waals surface area contributed by atoms with Crippen molar-refractivity contribution >= 4 is 33.3 Å². The highest BCUT2D eigenvalue weighted by molar-refractivity contribution is 9.10. The molecule has 1 aliphatic heterocycles. The zero-order valence-corrected chi connectivity index (χ0v) is 12.2. The molecule has 20 heavy (non-hydrogen) atoms. The van der Waals surface area contributed by atoms with Gasteiger partial charge in [-0.2, -0.15) is 5.26 Å². The van der Waals surface area contributed by atoms with E-state index in [2.05, 4.69) is 32.4 Å². The number of rotatable bonds is 2. The number of amides is 1. The maximum Gasteiger partial charge on any atom is 0.230 e. The average Bonchev–Trinajstić information content (AvgIpc) is 3.03. The zero-order valence-electron chi connectivity index (χ0n) is 10.6. The molecule has 102 valence electrons. The molecule has 7 heteroatoms. The van der Waals surface area contributed by atoms with E-state index in [9.17, 15) is 4.79 Å². The summed E-state index contributed by atoms with van der Waals surface area (Å²) >= 11 is 3.38. The molecule has 1 amide bonds.